The number of hydrogen-bond donors (Lipinski definition) is 10. The molecule has 10 N–H and O–H groups in total. The van der Waals surface area contributed by atoms with Crippen molar-refractivity contribution in [3.05, 3.63) is 24.3 Å². The van der Waals surface area contributed by atoms with Gasteiger partial charge in [0.05, 0.1) is 13.2 Å². The van der Waals surface area contributed by atoms with Gasteiger partial charge in [0.1, 0.15) is 92.6 Å². The summed E-state index contributed by atoms with van der Waals surface area (Å²) in [5.74, 6) is -2.31. The highest BCUT2D eigenvalue weighted by molar-refractivity contribution is 7.47. The van der Waals surface area contributed by atoms with E-state index in [2.05, 4.69) is 58.9 Å². The fourth-order valence-electron chi connectivity index (χ4n) is 15.7. The highest BCUT2D eigenvalue weighted by Gasteiger charge is 2.60. The molecule has 692 valence electrons. The minimum atomic E-state index is -5.81. The number of rotatable bonds is 76. The molecule has 3 rings (SSSR count). The number of phosphoric ester groups is 1. The van der Waals surface area contributed by atoms with Gasteiger partial charge in [0.15, 0.2) is 24.8 Å². The fourth-order valence-corrected chi connectivity index (χ4v) is 16.6. The molecule has 1 aliphatic carbocycles. The van der Waals surface area contributed by atoms with E-state index < -0.39 is 162 Å². The number of allylic oxidation sites excluding steroid dienone is 4. The lowest BCUT2D eigenvalue weighted by molar-refractivity contribution is -0.360. The molecule has 2 saturated heterocycles. The highest BCUT2D eigenvalue weighted by Crippen LogP contribution is 2.49. The topological polar surface area (TPSA) is 380 Å². The second kappa shape index (κ2) is 70.2. The molecule has 2 heterocycles. The van der Waals surface area contributed by atoms with Gasteiger partial charge in [-0.15, -0.1) is 0 Å². The third-order valence-electron chi connectivity index (χ3n) is 23.3. The van der Waals surface area contributed by atoms with Crippen molar-refractivity contribution < 1.29 is 122 Å². The predicted octanol–water partition coefficient (Wildman–Crippen LogP) is 17.6. The van der Waals surface area contributed by atoms with Gasteiger partial charge in [-0.2, -0.15) is 0 Å². The van der Waals surface area contributed by atoms with Gasteiger partial charge in [-0.05, 0) is 83.0 Å². The third kappa shape index (κ3) is 50.2. The van der Waals surface area contributed by atoms with Crippen molar-refractivity contribution in [3.8, 4) is 0 Å². The van der Waals surface area contributed by atoms with Gasteiger partial charge in [-0.3, -0.25) is 28.2 Å². The molecule has 19 atom stereocenters. The second-order valence-electron chi connectivity index (χ2n) is 34.1. The van der Waals surface area contributed by atoms with E-state index >= 15 is 0 Å². The van der Waals surface area contributed by atoms with Crippen LogP contribution in [0.2, 0.25) is 0 Å². The van der Waals surface area contributed by atoms with E-state index in [1.54, 1.807) is 0 Å². The normalized spacial score (nSPS) is 25.3. The average molecular weight is 1710 g/mol. The Bertz CT molecular complexity index is 2570. The molecule has 0 spiro atoms. The first kappa shape index (κ1) is 109. The largest absolute Gasteiger partial charge is 0.472 e. The van der Waals surface area contributed by atoms with Crippen LogP contribution in [-0.4, -0.2) is 205 Å². The zero-order chi connectivity index (χ0) is 86.2. The molecule has 0 radical (unpaired) electrons. The molecule has 2 aliphatic heterocycles. The Labute approximate surface area is 711 Å². The Morgan fingerprint density at radius 3 is 1.11 bits per heavy atom. The van der Waals surface area contributed by atoms with Crippen LogP contribution < -0.4 is 0 Å². The van der Waals surface area contributed by atoms with Crippen LogP contribution in [0.5, 0.6) is 0 Å². The highest BCUT2D eigenvalue weighted by atomic mass is 31.2. The quantitative estimate of drug-likeness (QED) is 0.00889. The van der Waals surface area contributed by atoms with E-state index in [0.717, 1.165) is 141 Å². The van der Waals surface area contributed by atoms with Gasteiger partial charge in [0, 0.05) is 25.7 Å². The Morgan fingerprint density at radius 1 is 0.356 bits per heavy atom. The maximum Gasteiger partial charge on any atom is 0.472 e. The summed E-state index contributed by atoms with van der Waals surface area (Å²) in [6.07, 6.45) is 28.9. The fraction of sp³-hybridized carbons (Fsp3) is 0.913. The molecular formula is C92H169O25P. The van der Waals surface area contributed by atoms with Crippen molar-refractivity contribution in [2.24, 2.45) is 5.92 Å². The Kier molecular flexibility index (Phi) is 64.9. The number of phosphoric acid groups is 1. The SMILES string of the molecule is CCCCCC/C=C\CCCCCCCCCC(=O)OCC(COP(=O)(O)OC1C(OC2OC(CO)C(O)C(O)C2O)C(O)C(O)C(OC(=O)CCCCCCCCCCCCCCCCC)C1OC1OC(COC(=O)CCCCC/C=C\CCCCCCCC)C(O)C(O)C1O)OC(=O)CCCCCCCCC(C)CCCCCCCC. The van der Waals surface area contributed by atoms with Crippen LogP contribution in [0.1, 0.15) is 401 Å². The molecule has 0 aromatic rings. The van der Waals surface area contributed by atoms with Crippen LogP contribution >= 0.6 is 7.82 Å². The summed E-state index contributed by atoms with van der Waals surface area (Å²) in [4.78, 5) is 66.5. The lowest BCUT2D eigenvalue weighted by atomic mass is 9.84. The van der Waals surface area contributed by atoms with E-state index in [4.69, 9.17) is 46.9 Å². The molecule has 3 aliphatic rings. The summed E-state index contributed by atoms with van der Waals surface area (Å²) in [7, 11) is -5.81. The van der Waals surface area contributed by atoms with Gasteiger partial charge in [-0.25, -0.2) is 4.57 Å². The monoisotopic (exact) mass is 1710 g/mol. The van der Waals surface area contributed by atoms with Crippen molar-refractivity contribution in [1.29, 1.82) is 0 Å². The minimum Gasteiger partial charge on any atom is -0.463 e. The lowest BCUT2D eigenvalue weighted by Crippen LogP contribution is -2.70. The first-order valence-electron chi connectivity index (χ1n) is 47.5. The van der Waals surface area contributed by atoms with Crippen molar-refractivity contribution >= 4 is 31.7 Å². The van der Waals surface area contributed by atoms with Crippen molar-refractivity contribution in [1.82, 2.24) is 0 Å². The molecule has 25 nitrogen and oxygen atoms in total. The average Bonchev–Trinajstić information content (AvgIpc) is 0.754. The third-order valence-corrected chi connectivity index (χ3v) is 24.3. The van der Waals surface area contributed by atoms with E-state index in [0.29, 0.717) is 44.4 Å². The molecule has 1 saturated carbocycles. The number of unbranched alkanes of at least 4 members (excludes halogenated alkanes) is 44. The van der Waals surface area contributed by atoms with Crippen LogP contribution in [-0.2, 0) is 70.7 Å². The zero-order valence-electron chi connectivity index (χ0n) is 73.9. The zero-order valence-corrected chi connectivity index (χ0v) is 74.8. The van der Waals surface area contributed by atoms with E-state index in [1.807, 2.05) is 0 Å². The maximum absolute atomic E-state index is 14.9. The number of ether oxygens (including phenoxy) is 8. The number of aliphatic hydroxyl groups excluding tert-OH is 9. The van der Waals surface area contributed by atoms with Crippen LogP contribution in [0.4, 0.5) is 0 Å². The van der Waals surface area contributed by atoms with Gasteiger partial charge in [0.25, 0.3) is 0 Å². The summed E-state index contributed by atoms with van der Waals surface area (Å²) < 4.78 is 73.5. The standard InChI is InChI=1S/C92H169O25P/c1-6-10-14-18-22-25-28-31-33-36-39-41-44-51-57-63-75(94)108-68-72(111-77(96)65-59-54-48-47-50-56-62-71(5)61-55-49-21-17-13-9-4)69-110-118(106,107)117-90-88(115-91-85(104)81(100)79(98)73(67-93)112-91)84(103)83(102)87(114-78(97)66-60-53-46-43-40-37-34-32-29-26-23-19-15-11-7-2)89(90)116-92-86(105)82(101)80(99)74(113-92)70-109-76(95)64-58-52-45-42-38-35-30-27-24-20-16-12-8-3/h25,28,35,38,71-74,79-93,98-105H,6-24,26-27,29-34,36-37,39-70H2,1-5H3,(H,106,107)/b28-25-,38-35-. The minimum absolute atomic E-state index is 0.00588. The van der Waals surface area contributed by atoms with Gasteiger partial charge >= 0.3 is 31.7 Å². The molecule has 0 aromatic carbocycles. The van der Waals surface area contributed by atoms with Gasteiger partial charge in [-0.1, -0.05) is 322 Å². The molecule has 26 heteroatoms. The molecule has 19 unspecified atom stereocenters. The lowest BCUT2D eigenvalue weighted by Gasteiger charge is -2.50. The number of aliphatic hydroxyl groups is 9. The van der Waals surface area contributed by atoms with E-state index in [9.17, 15) is 74.6 Å². The molecule has 0 aromatic heterocycles. The van der Waals surface area contributed by atoms with Crippen molar-refractivity contribution in [2.75, 3.05) is 26.4 Å². The summed E-state index contributed by atoms with van der Waals surface area (Å²) in [5.41, 5.74) is 0. The van der Waals surface area contributed by atoms with Crippen LogP contribution in [0.15, 0.2) is 24.3 Å². The molecule has 0 amide bonds. The smallest absolute Gasteiger partial charge is 0.463 e. The van der Waals surface area contributed by atoms with Gasteiger partial charge < -0.3 is 88.7 Å². The van der Waals surface area contributed by atoms with E-state index in [-0.39, 0.29) is 25.7 Å². The van der Waals surface area contributed by atoms with Crippen molar-refractivity contribution in [2.45, 2.75) is 505 Å². The molecule has 3 fully saturated rings. The van der Waals surface area contributed by atoms with Gasteiger partial charge in [0.2, 0.25) is 0 Å². The molecular weight excluding hydrogens is 1540 g/mol. The summed E-state index contributed by atoms with van der Waals surface area (Å²) in [6, 6.07) is 0. The van der Waals surface area contributed by atoms with Crippen molar-refractivity contribution in [3.63, 3.8) is 0 Å². The van der Waals surface area contributed by atoms with Crippen LogP contribution in [0, 0.1) is 5.92 Å². The molecule has 0 bridgehead atoms. The first-order valence-corrected chi connectivity index (χ1v) is 49.0. The Balaban J connectivity index is 1.93. The summed E-state index contributed by atoms with van der Waals surface area (Å²) in [6.45, 7) is 7.90. The van der Waals surface area contributed by atoms with Crippen LogP contribution in [0.25, 0.3) is 0 Å². The number of carbonyl (C=O) groups is 4. The Hall–Kier alpha value is -3.05. The summed E-state index contributed by atoms with van der Waals surface area (Å²) in [5, 5.41) is 102. The van der Waals surface area contributed by atoms with E-state index in [1.165, 1.54) is 161 Å². The maximum atomic E-state index is 14.9. The number of esters is 4. The van der Waals surface area contributed by atoms with Crippen LogP contribution in [0.3, 0.4) is 0 Å². The molecule has 118 heavy (non-hydrogen) atoms. The number of carbonyl (C=O) groups excluding carboxylic acids is 4. The second-order valence-corrected chi connectivity index (χ2v) is 35.6. The number of hydrogen-bond acceptors (Lipinski definition) is 24. The first-order chi connectivity index (χ1) is 57.1. The Morgan fingerprint density at radius 2 is 0.686 bits per heavy atom. The predicted molar refractivity (Wildman–Crippen MR) is 458 cm³/mol. The summed E-state index contributed by atoms with van der Waals surface area (Å²) >= 11 is 0.